The first kappa shape index (κ1) is 16.4. The van der Waals surface area contributed by atoms with Gasteiger partial charge in [-0.3, -0.25) is 9.59 Å². The van der Waals surface area contributed by atoms with E-state index in [1.807, 2.05) is 0 Å². The molecule has 1 saturated heterocycles. The first-order chi connectivity index (χ1) is 10.4. The number of halogens is 2. The Morgan fingerprint density at radius 3 is 2.45 bits per heavy atom. The van der Waals surface area contributed by atoms with Gasteiger partial charge in [0.05, 0.1) is 6.10 Å². The van der Waals surface area contributed by atoms with Gasteiger partial charge in [0.15, 0.2) is 11.6 Å². The predicted molar refractivity (Wildman–Crippen MR) is 76.0 cm³/mol. The molecule has 0 aliphatic carbocycles. The van der Waals surface area contributed by atoms with Gasteiger partial charge in [-0.05, 0) is 37.8 Å². The number of rotatable bonds is 2. The van der Waals surface area contributed by atoms with Crippen LogP contribution in [0.25, 0.3) is 0 Å². The highest BCUT2D eigenvalue weighted by Crippen LogP contribution is 2.21. The highest BCUT2D eigenvalue weighted by Gasteiger charge is 2.28. The Balaban J connectivity index is 1.92. The van der Waals surface area contributed by atoms with Gasteiger partial charge in [-0.25, -0.2) is 8.78 Å². The van der Waals surface area contributed by atoms with Crippen LogP contribution < -0.4 is 5.32 Å². The van der Waals surface area contributed by atoms with E-state index in [0.717, 1.165) is 12.1 Å². The Morgan fingerprint density at radius 1 is 1.27 bits per heavy atom. The van der Waals surface area contributed by atoms with Crippen molar-refractivity contribution in [2.45, 2.75) is 25.9 Å². The van der Waals surface area contributed by atoms with Gasteiger partial charge in [0.25, 0.3) is 0 Å². The molecule has 2 amide bonds. The fourth-order valence-corrected chi connectivity index (χ4v) is 2.49. The van der Waals surface area contributed by atoms with E-state index >= 15 is 0 Å². The molecule has 0 radical (unpaired) electrons. The standard InChI is InChI=1S/C15H18F2N2O3/c1-9(20)10-4-6-19(7-5-10)15(22)14(21)18-11-2-3-12(16)13(17)8-11/h2-3,8-10,20H,4-7H2,1H3,(H,18,21). The van der Waals surface area contributed by atoms with Crippen LogP contribution in [0.2, 0.25) is 0 Å². The number of nitrogens with one attached hydrogen (secondary N) is 1. The number of nitrogens with zero attached hydrogens (tertiary/aromatic N) is 1. The fraction of sp³-hybridized carbons (Fsp3) is 0.467. The first-order valence-electron chi connectivity index (χ1n) is 7.12. The lowest BCUT2D eigenvalue weighted by atomic mass is 9.92. The van der Waals surface area contributed by atoms with Crippen molar-refractivity contribution < 1.29 is 23.5 Å². The highest BCUT2D eigenvalue weighted by molar-refractivity contribution is 6.39. The van der Waals surface area contributed by atoms with Crippen molar-refractivity contribution in [2.24, 2.45) is 5.92 Å². The number of piperidine rings is 1. The summed E-state index contributed by atoms with van der Waals surface area (Å²) in [5.74, 6) is -3.60. The number of anilines is 1. The summed E-state index contributed by atoms with van der Waals surface area (Å²) in [6.07, 6.45) is 0.817. The number of amides is 2. The van der Waals surface area contributed by atoms with Gasteiger partial charge in [-0.2, -0.15) is 0 Å². The summed E-state index contributed by atoms with van der Waals surface area (Å²) in [6, 6.07) is 2.88. The molecule has 1 aromatic carbocycles. The molecule has 1 fully saturated rings. The molecule has 1 aliphatic heterocycles. The molecule has 2 N–H and O–H groups in total. The third kappa shape index (κ3) is 3.79. The van der Waals surface area contributed by atoms with Crippen LogP contribution in [0, 0.1) is 17.6 Å². The number of hydrogen-bond donors (Lipinski definition) is 2. The molecular formula is C15H18F2N2O3. The van der Waals surface area contributed by atoms with E-state index in [2.05, 4.69) is 5.32 Å². The van der Waals surface area contributed by atoms with E-state index in [4.69, 9.17) is 0 Å². The zero-order valence-corrected chi connectivity index (χ0v) is 12.2. The molecule has 1 unspecified atom stereocenters. The minimum Gasteiger partial charge on any atom is -0.393 e. The molecular weight excluding hydrogens is 294 g/mol. The van der Waals surface area contributed by atoms with Crippen LogP contribution in [-0.2, 0) is 9.59 Å². The van der Waals surface area contributed by atoms with E-state index in [-0.39, 0.29) is 11.6 Å². The second kappa shape index (κ2) is 6.83. The second-order valence-corrected chi connectivity index (χ2v) is 5.45. The second-order valence-electron chi connectivity index (χ2n) is 5.45. The van der Waals surface area contributed by atoms with E-state index in [9.17, 15) is 23.5 Å². The maximum absolute atomic E-state index is 13.1. The molecule has 0 aromatic heterocycles. The summed E-state index contributed by atoms with van der Waals surface area (Å²) in [6.45, 7) is 2.48. The quantitative estimate of drug-likeness (QED) is 0.814. The van der Waals surface area contributed by atoms with E-state index in [1.54, 1.807) is 6.92 Å². The normalized spacial score (nSPS) is 17.2. The van der Waals surface area contributed by atoms with Crippen molar-refractivity contribution in [3.05, 3.63) is 29.8 Å². The van der Waals surface area contributed by atoms with Crippen molar-refractivity contribution >= 4 is 17.5 Å². The van der Waals surface area contributed by atoms with Crippen LogP contribution in [0.15, 0.2) is 18.2 Å². The molecule has 1 aromatic rings. The lowest BCUT2D eigenvalue weighted by Gasteiger charge is -2.32. The summed E-state index contributed by atoms with van der Waals surface area (Å²) in [5.41, 5.74) is 0.0242. The van der Waals surface area contributed by atoms with Gasteiger partial charge in [0, 0.05) is 24.8 Å². The zero-order chi connectivity index (χ0) is 16.3. The van der Waals surface area contributed by atoms with Crippen LogP contribution in [0.3, 0.4) is 0 Å². The molecule has 0 bridgehead atoms. The van der Waals surface area contributed by atoms with E-state index < -0.39 is 29.6 Å². The van der Waals surface area contributed by atoms with Crippen molar-refractivity contribution in [1.29, 1.82) is 0 Å². The van der Waals surface area contributed by atoms with Crippen LogP contribution in [0.5, 0.6) is 0 Å². The fourth-order valence-electron chi connectivity index (χ4n) is 2.49. The monoisotopic (exact) mass is 312 g/mol. The Morgan fingerprint density at radius 2 is 1.91 bits per heavy atom. The minimum absolute atomic E-state index is 0.0242. The van der Waals surface area contributed by atoms with Crippen LogP contribution in [-0.4, -0.2) is 41.0 Å². The topological polar surface area (TPSA) is 69.6 Å². The molecule has 7 heteroatoms. The Bertz CT molecular complexity index is 570. The molecule has 1 heterocycles. The lowest BCUT2D eigenvalue weighted by Crippen LogP contribution is -2.45. The van der Waals surface area contributed by atoms with Crippen LogP contribution >= 0.6 is 0 Å². The molecule has 22 heavy (non-hydrogen) atoms. The number of aliphatic hydroxyl groups is 1. The molecule has 1 aliphatic rings. The highest BCUT2D eigenvalue weighted by atomic mass is 19.2. The number of likely N-dealkylation sites (tertiary alicyclic amines) is 1. The van der Waals surface area contributed by atoms with E-state index in [0.29, 0.717) is 25.9 Å². The van der Waals surface area contributed by atoms with Gasteiger partial charge in [0.1, 0.15) is 0 Å². The SMILES string of the molecule is CC(O)C1CCN(C(=O)C(=O)Nc2ccc(F)c(F)c2)CC1. The number of aliphatic hydroxyl groups excluding tert-OH is 1. The van der Waals surface area contributed by atoms with Crippen molar-refractivity contribution in [2.75, 3.05) is 18.4 Å². The van der Waals surface area contributed by atoms with E-state index in [1.165, 1.54) is 11.0 Å². The van der Waals surface area contributed by atoms with Gasteiger partial charge in [-0.15, -0.1) is 0 Å². The maximum atomic E-state index is 13.1. The summed E-state index contributed by atoms with van der Waals surface area (Å²) in [7, 11) is 0. The number of benzene rings is 1. The van der Waals surface area contributed by atoms with Crippen molar-refractivity contribution in [3.63, 3.8) is 0 Å². The number of carbonyl (C=O) groups excluding carboxylic acids is 2. The molecule has 1 atom stereocenters. The van der Waals surface area contributed by atoms with Gasteiger partial charge in [-0.1, -0.05) is 0 Å². The average Bonchev–Trinajstić information content (AvgIpc) is 2.50. The molecule has 2 rings (SSSR count). The van der Waals surface area contributed by atoms with Crippen LogP contribution in [0.1, 0.15) is 19.8 Å². The largest absolute Gasteiger partial charge is 0.393 e. The van der Waals surface area contributed by atoms with Gasteiger partial charge in [0.2, 0.25) is 0 Å². The maximum Gasteiger partial charge on any atom is 0.313 e. The third-order valence-corrected chi connectivity index (χ3v) is 3.88. The molecule has 120 valence electrons. The molecule has 5 nitrogen and oxygen atoms in total. The minimum atomic E-state index is -1.09. The summed E-state index contributed by atoms with van der Waals surface area (Å²) in [4.78, 5) is 25.3. The lowest BCUT2D eigenvalue weighted by molar-refractivity contribution is -0.144. The van der Waals surface area contributed by atoms with Gasteiger partial charge < -0.3 is 15.3 Å². The first-order valence-corrected chi connectivity index (χ1v) is 7.12. The Hall–Kier alpha value is -2.02. The Kier molecular flexibility index (Phi) is 5.07. The third-order valence-electron chi connectivity index (χ3n) is 3.88. The zero-order valence-electron chi connectivity index (χ0n) is 12.2. The summed E-state index contributed by atoms with van der Waals surface area (Å²) >= 11 is 0. The summed E-state index contributed by atoms with van der Waals surface area (Å²) < 4.78 is 25.9. The van der Waals surface area contributed by atoms with Crippen molar-refractivity contribution in [3.8, 4) is 0 Å². The van der Waals surface area contributed by atoms with Gasteiger partial charge >= 0.3 is 11.8 Å². The average molecular weight is 312 g/mol. The number of hydrogen-bond acceptors (Lipinski definition) is 3. The van der Waals surface area contributed by atoms with Crippen molar-refractivity contribution in [1.82, 2.24) is 4.90 Å². The Labute approximate surface area is 126 Å². The summed E-state index contributed by atoms with van der Waals surface area (Å²) in [5, 5.41) is 11.8. The predicted octanol–water partition coefficient (Wildman–Crippen LogP) is 1.52. The van der Waals surface area contributed by atoms with Crippen LogP contribution in [0.4, 0.5) is 14.5 Å². The smallest absolute Gasteiger partial charge is 0.313 e. The molecule has 0 spiro atoms. The number of carbonyl (C=O) groups is 2. The molecule has 0 saturated carbocycles.